The lowest BCUT2D eigenvalue weighted by molar-refractivity contribution is -0.432. The van der Waals surface area contributed by atoms with Crippen LogP contribution in [0.25, 0.3) is 11.2 Å². The topological polar surface area (TPSA) is 257 Å². The average Bonchev–Trinajstić information content (AvgIpc) is 3.01. The molecular weight excluding hydrogens is 365 g/mol. The summed E-state index contributed by atoms with van der Waals surface area (Å²) >= 11 is 0. The molecule has 0 bridgehead atoms. The van der Waals surface area contributed by atoms with Gasteiger partial charge in [0.2, 0.25) is 0 Å². The van der Waals surface area contributed by atoms with Crippen molar-refractivity contribution in [3.05, 3.63) is 12.7 Å². The molecule has 25 heavy (non-hydrogen) atoms. The van der Waals surface area contributed by atoms with Crippen LogP contribution in [0.1, 0.15) is 6.23 Å². The summed E-state index contributed by atoms with van der Waals surface area (Å²) in [7, 11) is -5.39. The van der Waals surface area contributed by atoms with Crippen LogP contribution in [0.4, 0.5) is 5.82 Å². The Morgan fingerprint density at radius 1 is 1.24 bits per heavy atom. The predicted octanol–water partition coefficient (Wildman–Crippen LogP) is -5.63. The molecule has 2 aromatic heterocycles. The van der Waals surface area contributed by atoms with E-state index in [-0.39, 0.29) is 11.3 Å². The average molecular weight is 380 g/mol. The Bertz CT molecular complexity index is 743. The minimum absolute atomic E-state index is 0. The van der Waals surface area contributed by atoms with Crippen molar-refractivity contribution < 1.29 is 44.8 Å². The highest BCUT2D eigenvalue weighted by Crippen LogP contribution is 2.31. The molecule has 4 atom stereocenters. The van der Waals surface area contributed by atoms with Gasteiger partial charge in [0, 0.05) is 0 Å². The van der Waals surface area contributed by atoms with E-state index in [1.54, 1.807) is 0 Å². The molecule has 0 aliphatic carbocycles. The molecule has 1 fully saturated rings. The van der Waals surface area contributed by atoms with Gasteiger partial charge in [0.1, 0.15) is 30.2 Å². The maximum atomic E-state index is 9.95. The largest absolute Gasteiger partial charge is 0.822 e. The van der Waals surface area contributed by atoms with E-state index in [0.29, 0.717) is 11.2 Å². The van der Waals surface area contributed by atoms with E-state index in [9.17, 15) is 10.2 Å². The molecule has 0 saturated carbocycles. The van der Waals surface area contributed by atoms with E-state index < -0.39 is 39.0 Å². The lowest BCUT2D eigenvalue weighted by atomic mass is 10.1. The van der Waals surface area contributed by atoms with Crippen LogP contribution in [-0.2, 0) is 9.30 Å². The van der Waals surface area contributed by atoms with E-state index in [4.69, 9.17) is 34.8 Å². The first-order chi connectivity index (χ1) is 11.1. The number of aromatic nitrogens is 4. The molecule has 0 unspecified atom stereocenters. The second-order valence-corrected chi connectivity index (χ2v) is 5.65. The molecule has 0 spiro atoms. The van der Waals surface area contributed by atoms with Gasteiger partial charge >= 0.3 is 0 Å². The van der Waals surface area contributed by atoms with Crippen molar-refractivity contribution >= 4 is 24.8 Å². The van der Waals surface area contributed by atoms with Crippen molar-refractivity contribution in [3.8, 4) is 0 Å². The smallest absolute Gasteiger partial charge is 0.167 e. The molecule has 0 radical (unpaired) electrons. The quantitative estimate of drug-likeness (QED) is 0.355. The van der Waals surface area contributed by atoms with E-state index in [2.05, 4.69) is 15.0 Å². The Balaban J connectivity index is 0.000000462. The van der Waals surface area contributed by atoms with Crippen LogP contribution in [0.3, 0.4) is 0 Å². The number of aliphatic hydroxyl groups is 3. The van der Waals surface area contributed by atoms with Gasteiger partial charge in [0.05, 0.1) is 12.9 Å². The van der Waals surface area contributed by atoms with E-state index >= 15 is 0 Å². The second kappa shape index (κ2) is 8.09. The van der Waals surface area contributed by atoms with Gasteiger partial charge in [-0.2, -0.15) is 7.82 Å². The molecule has 0 amide bonds. The standard InChI is InChI=1S/C10H13N5O4.H3O4P.H2O/c11-8-5-9(13-2-12-8)15(3-14-5)10-7(18)6(17)4(1-16)19-10;1-5(2,3)4;/h2-4,6-7,10,16-18H,1H2,(H2,11,12,13);(H3,1,2,3,4);1H2/p-3/t4-,6-,7-,10-;;/m1../s1. The van der Waals surface area contributed by atoms with Crippen LogP contribution in [0, 0.1) is 0 Å². The first-order valence-electron chi connectivity index (χ1n) is 6.42. The van der Waals surface area contributed by atoms with Crippen molar-refractivity contribution in [2.45, 2.75) is 24.5 Å². The van der Waals surface area contributed by atoms with Crippen molar-refractivity contribution in [2.75, 3.05) is 12.3 Å². The number of phosphoric acid groups is 1. The molecule has 3 rings (SSSR count). The first kappa shape index (κ1) is 21.3. The number of anilines is 1. The van der Waals surface area contributed by atoms with Gasteiger partial charge in [-0.1, -0.05) is 0 Å². The van der Waals surface area contributed by atoms with E-state index in [1.807, 2.05) is 0 Å². The summed E-state index contributed by atoms with van der Waals surface area (Å²) in [6, 6.07) is 0. The Morgan fingerprint density at radius 3 is 2.36 bits per heavy atom. The molecule has 0 aromatic carbocycles. The van der Waals surface area contributed by atoms with Crippen molar-refractivity contribution in [1.82, 2.24) is 19.5 Å². The van der Waals surface area contributed by atoms with Crippen molar-refractivity contribution in [2.24, 2.45) is 0 Å². The summed E-state index contributed by atoms with van der Waals surface area (Å²) in [4.78, 5) is 37.5. The minimum Gasteiger partial charge on any atom is -0.822 e. The SMILES string of the molecule is Nc1ncnc2c1ncn2[C@@H]1O[C@H](CO)[C@@H](O)[C@H]1O.O.O=P([O-])([O-])[O-]. The number of rotatable bonds is 2. The van der Waals surface area contributed by atoms with Gasteiger partial charge in [0.25, 0.3) is 0 Å². The number of ether oxygens (including phenoxy) is 1. The number of nitrogens with zero attached hydrogens (tertiary/aromatic N) is 4. The van der Waals surface area contributed by atoms with Crippen molar-refractivity contribution in [1.29, 1.82) is 0 Å². The number of hydrogen-bond donors (Lipinski definition) is 4. The third-order valence-electron chi connectivity index (χ3n) is 3.18. The minimum atomic E-state index is -5.39. The molecule has 15 heteroatoms. The molecule has 2 aromatic rings. The van der Waals surface area contributed by atoms with Crippen LogP contribution in [0.15, 0.2) is 12.7 Å². The number of imidazole rings is 1. The lowest BCUT2D eigenvalue weighted by Crippen LogP contribution is -2.33. The van der Waals surface area contributed by atoms with Gasteiger partial charge in [0.15, 0.2) is 17.7 Å². The van der Waals surface area contributed by atoms with Gasteiger partial charge in [-0.05, 0) is 0 Å². The molecule has 7 N–H and O–H groups in total. The number of nitrogen functional groups attached to an aromatic ring is 1. The Hall–Kier alpha value is -1.74. The molecular formula is C10H15N5O9P-3. The zero-order valence-corrected chi connectivity index (χ0v) is 13.3. The fraction of sp³-hybridized carbons (Fsp3) is 0.500. The maximum absolute atomic E-state index is 9.95. The lowest BCUT2D eigenvalue weighted by Gasteiger charge is -2.36. The second-order valence-electron chi connectivity index (χ2n) is 4.76. The van der Waals surface area contributed by atoms with Crippen LogP contribution in [0.2, 0.25) is 0 Å². The molecule has 1 saturated heterocycles. The monoisotopic (exact) mass is 380 g/mol. The highest BCUT2D eigenvalue weighted by atomic mass is 31.2. The molecule has 1 aliphatic heterocycles. The third kappa shape index (κ3) is 4.88. The Labute approximate surface area is 139 Å². The predicted molar refractivity (Wildman–Crippen MR) is 74.0 cm³/mol. The summed E-state index contributed by atoms with van der Waals surface area (Å²) in [6.45, 7) is -0.390. The van der Waals surface area contributed by atoms with Crippen molar-refractivity contribution in [3.63, 3.8) is 0 Å². The van der Waals surface area contributed by atoms with Crippen LogP contribution in [-0.4, -0.2) is 65.2 Å². The molecule has 14 nitrogen and oxygen atoms in total. The highest BCUT2D eigenvalue weighted by Gasteiger charge is 2.43. The molecule has 142 valence electrons. The highest BCUT2D eigenvalue weighted by molar-refractivity contribution is 7.40. The van der Waals surface area contributed by atoms with Crippen LogP contribution >= 0.6 is 7.82 Å². The zero-order valence-electron chi connectivity index (χ0n) is 12.4. The number of aliphatic hydroxyl groups excluding tert-OH is 3. The summed E-state index contributed by atoms with van der Waals surface area (Å²) in [5.74, 6) is 0.218. The van der Waals surface area contributed by atoms with Crippen LogP contribution in [0.5, 0.6) is 0 Å². The normalized spacial score (nSPS) is 26.0. The Morgan fingerprint density at radius 2 is 1.84 bits per heavy atom. The van der Waals surface area contributed by atoms with Gasteiger partial charge in [-0.15, -0.1) is 0 Å². The number of fused-ring (bicyclic) bond motifs is 1. The zero-order chi connectivity index (χ0) is 18.1. The van der Waals surface area contributed by atoms with Gasteiger partial charge in [-0.25, -0.2) is 15.0 Å². The fourth-order valence-corrected chi connectivity index (χ4v) is 2.17. The van der Waals surface area contributed by atoms with Gasteiger partial charge in [-0.3, -0.25) is 4.57 Å². The van der Waals surface area contributed by atoms with E-state index in [1.165, 1.54) is 17.2 Å². The molecule has 1 aliphatic rings. The molecule has 3 heterocycles. The number of hydrogen-bond acceptors (Lipinski definition) is 12. The third-order valence-corrected chi connectivity index (χ3v) is 3.18. The summed E-state index contributed by atoms with van der Waals surface area (Å²) in [5, 5.41) is 28.7. The summed E-state index contributed by atoms with van der Waals surface area (Å²) < 4.78 is 15.4. The summed E-state index contributed by atoms with van der Waals surface area (Å²) in [5.41, 5.74) is 6.44. The Kier molecular flexibility index (Phi) is 6.90. The fourth-order valence-electron chi connectivity index (χ4n) is 2.17. The summed E-state index contributed by atoms with van der Waals surface area (Å²) in [6.07, 6.45) is -1.42. The van der Waals surface area contributed by atoms with Gasteiger partial charge < -0.3 is 50.5 Å². The first-order valence-corrected chi connectivity index (χ1v) is 7.88. The maximum Gasteiger partial charge on any atom is 0.167 e. The van der Waals surface area contributed by atoms with E-state index in [0.717, 1.165) is 0 Å². The number of nitrogens with two attached hydrogens (primary N) is 1. The van der Waals surface area contributed by atoms with Crippen LogP contribution < -0.4 is 20.4 Å².